The van der Waals surface area contributed by atoms with Crippen molar-refractivity contribution in [3.8, 4) is 0 Å². The maximum absolute atomic E-state index is 3.58. The Labute approximate surface area is 113 Å². The lowest BCUT2D eigenvalue weighted by Crippen LogP contribution is -2.17. The van der Waals surface area contributed by atoms with Crippen LogP contribution in [0.25, 0.3) is 0 Å². The number of likely N-dealkylation sites (N-methyl/N-ethyl adjacent to an activating group) is 1. The predicted molar refractivity (Wildman–Crippen MR) is 76.6 cm³/mol. The summed E-state index contributed by atoms with van der Waals surface area (Å²) in [6.45, 7) is 2.14. The molecule has 2 heterocycles. The van der Waals surface area contributed by atoms with E-state index in [2.05, 4.69) is 51.7 Å². The fourth-order valence-electron chi connectivity index (χ4n) is 1.63. The molecule has 0 fully saturated rings. The van der Waals surface area contributed by atoms with E-state index in [1.54, 1.807) is 0 Å². The van der Waals surface area contributed by atoms with Crippen LogP contribution in [-0.2, 0) is 6.42 Å². The van der Waals surface area contributed by atoms with Crippen molar-refractivity contribution in [3.63, 3.8) is 0 Å². The maximum atomic E-state index is 3.58. The lowest BCUT2D eigenvalue weighted by molar-refractivity contribution is 0.606. The van der Waals surface area contributed by atoms with E-state index in [1.807, 2.05) is 29.7 Å². The van der Waals surface area contributed by atoms with Gasteiger partial charge in [0.15, 0.2) is 0 Å². The average molecular weight is 316 g/mol. The largest absolute Gasteiger partial charge is 0.312 e. The van der Waals surface area contributed by atoms with Gasteiger partial charge in [-0.1, -0.05) is 6.07 Å². The van der Waals surface area contributed by atoms with Gasteiger partial charge in [-0.3, -0.25) is 0 Å². The Morgan fingerprint density at radius 2 is 2.31 bits per heavy atom. The number of hydrogen-bond acceptors (Lipinski definition) is 3. The molecule has 86 valence electrons. The molecular formula is C12H14BrNS2. The van der Waals surface area contributed by atoms with E-state index < -0.39 is 0 Å². The third-order valence-corrected chi connectivity index (χ3v) is 5.70. The summed E-state index contributed by atoms with van der Waals surface area (Å²) in [5.74, 6) is 0. The van der Waals surface area contributed by atoms with Crippen LogP contribution >= 0.6 is 38.6 Å². The average Bonchev–Trinajstić information content (AvgIpc) is 2.86. The van der Waals surface area contributed by atoms with Gasteiger partial charge in [0.05, 0.1) is 3.79 Å². The van der Waals surface area contributed by atoms with E-state index in [0.29, 0.717) is 6.04 Å². The Bertz CT molecular complexity index is 428. The van der Waals surface area contributed by atoms with Gasteiger partial charge < -0.3 is 5.32 Å². The topological polar surface area (TPSA) is 12.0 Å². The van der Waals surface area contributed by atoms with Gasteiger partial charge in [-0.05, 0) is 53.0 Å². The summed E-state index contributed by atoms with van der Waals surface area (Å²) in [7, 11) is 2.03. The zero-order valence-corrected chi connectivity index (χ0v) is 12.5. The summed E-state index contributed by atoms with van der Waals surface area (Å²) in [6, 6.07) is 7.00. The molecule has 0 saturated carbocycles. The van der Waals surface area contributed by atoms with Crippen LogP contribution in [0.5, 0.6) is 0 Å². The fourth-order valence-corrected chi connectivity index (χ4v) is 4.06. The Morgan fingerprint density at radius 1 is 1.50 bits per heavy atom. The van der Waals surface area contributed by atoms with E-state index in [1.165, 1.54) is 19.1 Å². The van der Waals surface area contributed by atoms with Crippen molar-refractivity contribution in [2.24, 2.45) is 0 Å². The highest BCUT2D eigenvalue weighted by molar-refractivity contribution is 9.11. The van der Waals surface area contributed by atoms with E-state index in [0.717, 1.165) is 6.42 Å². The normalized spacial score (nSPS) is 12.9. The summed E-state index contributed by atoms with van der Waals surface area (Å²) in [6.07, 6.45) is 1.07. The first-order valence-corrected chi connectivity index (χ1v) is 7.65. The fraction of sp³-hybridized carbons (Fsp3) is 0.333. The Balaban J connectivity index is 2.16. The van der Waals surface area contributed by atoms with Crippen molar-refractivity contribution >= 4 is 38.6 Å². The van der Waals surface area contributed by atoms with Crippen LogP contribution in [-0.4, -0.2) is 7.05 Å². The number of halogens is 1. The molecule has 1 unspecified atom stereocenters. The van der Waals surface area contributed by atoms with Crippen molar-refractivity contribution < 1.29 is 0 Å². The van der Waals surface area contributed by atoms with Crippen molar-refractivity contribution in [2.45, 2.75) is 19.4 Å². The molecule has 0 aliphatic heterocycles. The minimum absolute atomic E-state index is 0.425. The highest BCUT2D eigenvalue weighted by Crippen LogP contribution is 2.33. The standard InChI is InChI=1S/C12H14BrNS2/c1-8-6-11(16-12(8)13)10(14-2)7-9-4-3-5-15-9/h3-6,10,14H,7H2,1-2H3. The first-order valence-electron chi connectivity index (χ1n) is 5.16. The third-order valence-electron chi connectivity index (χ3n) is 2.55. The minimum Gasteiger partial charge on any atom is -0.312 e. The van der Waals surface area contributed by atoms with E-state index in [-0.39, 0.29) is 0 Å². The molecule has 2 aromatic heterocycles. The summed E-state index contributed by atoms with van der Waals surface area (Å²) >= 11 is 7.24. The van der Waals surface area contributed by atoms with E-state index in [9.17, 15) is 0 Å². The number of thiophene rings is 2. The SMILES string of the molecule is CNC(Cc1cccs1)c1cc(C)c(Br)s1. The molecule has 16 heavy (non-hydrogen) atoms. The molecule has 0 amide bonds. The number of rotatable bonds is 4. The van der Waals surface area contributed by atoms with Crippen LogP contribution < -0.4 is 5.32 Å². The second kappa shape index (κ2) is 5.45. The Kier molecular flexibility index (Phi) is 4.19. The van der Waals surface area contributed by atoms with Gasteiger partial charge in [0.25, 0.3) is 0 Å². The number of hydrogen-bond donors (Lipinski definition) is 1. The second-order valence-corrected chi connectivity index (χ2v) is 7.16. The van der Waals surface area contributed by atoms with Crippen LogP contribution in [0.1, 0.15) is 21.4 Å². The van der Waals surface area contributed by atoms with Crippen molar-refractivity contribution in [3.05, 3.63) is 42.7 Å². The highest BCUT2D eigenvalue weighted by atomic mass is 79.9. The maximum Gasteiger partial charge on any atom is 0.0731 e. The molecule has 1 atom stereocenters. The smallest absolute Gasteiger partial charge is 0.0731 e. The molecule has 2 aromatic rings. The lowest BCUT2D eigenvalue weighted by Gasteiger charge is -2.12. The molecular weight excluding hydrogens is 302 g/mol. The van der Waals surface area contributed by atoms with E-state index in [4.69, 9.17) is 0 Å². The minimum atomic E-state index is 0.425. The van der Waals surface area contributed by atoms with Crippen molar-refractivity contribution in [2.75, 3.05) is 7.05 Å². The predicted octanol–water partition coefficient (Wildman–Crippen LogP) is 4.38. The van der Waals surface area contributed by atoms with Crippen LogP contribution in [0.3, 0.4) is 0 Å². The lowest BCUT2D eigenvalue weighted by atomic mass is 10.1. The summed E-state index contributed by atoms with van der Waals surface area (Å²) in [4.78, 5) is 2.84. The molecule has 0 aliphatic carbocycles. The van der Waals surface area contributed by atoms with Crippen LogP contribution in [0.4, 0.5) is 0 Å². The Morgan fingerprint density at radius 3 is 2.81 bits per heavy atom. The first kappa shape index (κ1) is 12.3. The summed E-state index contributed by atoms with van der Waals surface area (Å²) < 4.78 is 1.24. The van der Waals surface area contributed by atoms with Crippen LogP contribution in [0.2, 0.25) is 0 Å². The number of nitrogens with one attached hydrogen (secondary N) is 1. The molecule has 4 heteroatoms. The van der Waals surface area contributed by atoms with Gasteiger partial charge >= 0.3 is 0 Å². The van der Waals surface area contributed by atoms with Gasteiger partial charge in [0, 0.05) is 22.2 Å². The van der Waals surface area contributed by atoms with Crippen molar-refractivity contribution in [1.29, 1.82) is 0 Å². The van der Waals surface area contributed by atoms with Gasteiger partial charge in [0.2, 0.25) is 0 Å². The molecule has 1 N–H and O–H groups in total. The molecule has 0 saturated heterocycles. The molecule has 2 rings (SSSR count). The molecule has 0 radical (unpaired) electrons. The zero-order chi connectivity index (χ0) is 11.5. The first-order chi connectivity index (χ1) is 7.70. The monoisotopic (exact) mass is 315 g/mol. The number of aryl methyl sites for hydroxylation is 1. The van der Waals surface area contributed by atoms with Gasteiger partial charge in [-0.15, -0.1) is 22.7 Å². The van der Waals surface area contributed by atoms with Gasteiger partial charge in [-0.25, -0.2) is 0 Å². The van der Waals surface area contributed by atoms with Gasteiger partial charge in [-0.2, -0.15) is 0 Å². The molecule has 0 bridgehead atoms. The summed E-state index contributed by atoms with van der Waals surface area (Å²) in [5.41, 5.74) is 1.33. The third kappa shape index (κ3) is 2.74. The van der Waals surface area contributed by atoms with Crippen LogP contribution in [0.15, 0.2) is 27.4 Å². The second-order valence-electron chi connectivity index (χ2n) is 3.73. The van der Waals surface area contributed by atoms with E-state index >= 15 is 0 Å². The zero-order valence-electron chi connectivity index (χ0n) is 9.29. The van der Waals surface area contributed by atoms with Crippen molar-refractivity contribution in [1.82, 2.24) is 5.32 Å². The van der Waals surface area contributed by atoms with Gasteiger partial charge in [0.1, 0.15) is 0 Å². The quantitative estimate of drug-likeness (QED) is 0.882. The molecule has 1 nitrogen and oxygen atoms in total. The summed E-state index contributed by atoms with van der Waals surface area (Å²) in [5, 5.41) is 5.53. The highest BCUT2D eigenvalue weighted by Gasteiger charge is 2.14. The molecule has 0 aromatic carbocycles. The molecule has 0 aliphatic rings. The molecule has 0 spiro atoms. The van der Waals surface area contributed by atoms with Crippen LogP contribution in [0, 0.1) is 6.92 Å². The Hall–Kier alpha value is -0.160.